The molecule has 0 aromatic carbocycles. The molecule has 1 saturated carbocycles. The molecule has 6 nitrogen and oxygen atoms in total. The van der Waals surface area contributed by atoms with Gasteiger partial charge >= 0.3 is 5.97 Å². The molecule has 0 atom stereocenters. The minimum absolute atomic E-state index is 0.0281. The van der Waals surface area contributed by atoms with Crippen molar-refractivity contribution in [2.24, 2.45) is 5.92 Å². The molecular weight excluding hydrogens is 296 g/mol. The monoisotopic (exact) mass is 318 g/mol. The smallest absolute Gasteiger partial charge is 0.303 e. The number of carbonyl (C=O) groups is 2. The van der Waals surface area contributed by atoms with Crippen molar-refractivity contribution >= 4 is 11.9 Å². The number of likely N-dealkylation sites (tertiary alicyclic amines) is 1. The summed E-state index contributed by atoms with van der Waals surface area (Å²) in [6.45, 7) is 1.22. The quantitative estimate of drug-likeness (QED) is 0.901. The molecule has 1 aromatic heterocycles. The summed E-state index contributed by atoms with van der Waals surface area (Å²) in [4.78, 5) is 29.3. The fourth-order valence-corrected chi connectivity index (χ4v) is 3.04. The second-order valence-corrected chi connectivity index (χ2v) is 6.39. The number of piperidine rings is 1. The first-order chi connectivity index (χ1) is 11.1. The summed E-state index contributed by atoms with van der Waals surface area (Å²) >= 11 is 0. The van der Waals surface area contributed by atoms with Crippen LogP contribution in [0.1, 0.15) is 48.9 Å². The van der Waals surface area contributed by atoms with Crippen LogP contribution in [0.3, 0.4) is 0 Å². The van der Waals surface area contributed by atoms with Crippen molar-refractivity contribution in [1.82, 2.24) is 9.88 Å². The van der Waals surface area contributed by atoms with Crippen molar-refractivity contribution in [2.75, 3.05) is 13.1 Å². The normalized spacial score (nSPS) is 19.2. The number of nitrogens with zero attached hydrogens (tertiary/aromatic N) is 2. The topological polar surface area (TPSA) is 79.7 Å². The Kier molecular flexibility index (Phi) is 4.79. The average Bonchev–Trinajstić information content (AvgIpc) is 2.51. The van der Waals surface area contributed by atoms with Gasteiger partial charge in [-0.15, -0.1) is 0 Å². The Hall–Kier alpha value is -2.11. The number of ether oxygens (including phenoxy) is 1. The number of hydrogen-bond donors (Lipinski definition) is 1. The van der Waals surface area contributed by atoms with Gasteiger partial charge in [0.15, 0.2) is 0 Å². The maximum Gasteiger partial charge on any atom is 0.303 e. The number of carbonyl (C=O) groups excluding carboxylic acids is 1. The summed E-state index contributed by atoms with van der Waals surface area (Å²) in [5.74, 6) is -0.103. The van der Waals surface area contributed by atoms with Gasteiger partial charge in [-0.2, -0.15) is 0 Å². The zero-order valence-corrected chi connectivity index (χ0v) is 13.1. The van der Waals surface area contributed by atoms with Crippen LogP contribution in [0.2, 0.25) is 0 Å². The lowest BCUT2D eigenvalue weighted by molar-refractivity contribution is -0.138. The number of hydrogen-bond acceptors (Lipinski definition) is 4. The van der Waals surface area contributed by atoms with Gasteiger partial charge in [0, 0.05) is 37.3 Å². The van der Waals surface area contributed by atoms with Gasteiger partial charge in [-0.1, -0.05) is 0 Å². The van der Waals surface area contributed by atoms with E-state index >= 15 is 0 Å². The van der Waals surface area contributed by atoms with Crippen molar-refractivity contribution < 1.29 is 19.4 Å². The fourth-order valence-electron chi connectivity index (χ4n) is 3.04. The van der Waals surface area contributed by atoms with Crippen LogP contribution in [0.25, 0.3) is 0 Å². The summed E-state index contributed by atoms with van der Waals surface area (Å²) in [5.41, 5.74) is 0.589. The van der Waals surface area contributed by atoms with Crippen LogP contribution in [-0.2, 0) is 4.79 Å². The molecule has 1 amide bonds. The fraction of sp³-hybridized carbons (Fsp3) is 0.588. The van der Waals surface area contributed by atoms with Crippen LogP contribution in [-0.4, -0.2) is 46.1 Å². The van der Waals surface area contributed by atoms with Crippen LogP contribution in [0.5, 0.6) is 5.88 Å². The molecule has 6 heteroatoms. The molecule has 2 fully saturated rings. The van der Waals surface area contributed by atoms with Crippen molar-refractivity contribution in [1.29, 1.82) is 0 Å². The van der Waals surface area contributed by atoms with Gasteiger partial charge in [0.25, 0.3) is 5.91 Å². The maximum absolute atomic E-state index is 12.6. The van der Waals surface area contributed by atoms with E-state index in [4.69, 9.17) is 9.84 Å². The van der Waals surface area contributed by atoms with Gasteiger partial charge in [0.05, 0.1) is 0 Å². The third-order valence-corrected chi connectivity index (χ3v) is 4.69. The molecular formula is C17H22N2O4. The highest BCUT2D eigenvalue weighted by molar-refractivity contribution is 5.94. The van der Waals surface area contributed by atoms with Crippen molar-refractivity contribution in [3.63, 3.8) is 0 Å². The number of carboxylic acid groups (broad SMARTS) is 1. The van der Waals surface area contributed by atoms with Crippen LogP contribution in [0.4, 0.5) is 0 Å². The number of rotatable bonds is 5. The summed E-state index contributed by atoms with van der Waals surface area (Å²) in [6.07, 6.45) is 6.82. The Labute approximate surface area is 135 Å². The van der Waals surface area contributed by atoms with Gasteiger partial charge in [0.2, 0.25) is 5.88 Å². The van der Waals surface area contributed by atoms with Crippen molar-refractivity contribution in [2.45, 2.75) is 44.6 Å². The largest absolute Gasteiger partial charge is 0.481 e. The molecule has 0 spiro atoms. The first-order valence-corrected chi connectivity index (χ1v) is 8.25. The Bertz CT molecular complexity index is 578. The zero-order chi connectivity index (χ0) is 16.2. The Morgan fingerprint density at radius 3 is 2.61 bits per heavy atom. The first-order valence-electron chi connectivity index (χ1n) is 8.25. The van der Waals surface area contributed by atoms with E-state index in [-0.39, 0.29) is 24.3 Å². The number of carboxylic acids is 1. The van der Waals surface area contributed by atoms with Gasteiger partial charge in [0.1, 0.15) is 6.10 Å². The number of aliphatic carboxylic acids is 1. The van der Waals surface area contributed by atoms with Crippen molar-refractivity contribution in [3.8, 4) is 5.88 Å². The molecule has 124 valence electrons. The van der Waals surface area contributed by atoms with E-state index in [2.05, 4.69) is 4.98 Å². The van der Waals surface area contributed by atoms with Gasteiger partial charge < -0.3 is 14.7 Å². The summed E-state index contributed by atoms with van der Waals surface area (Å²) in [7, 11) is 0. The molecule has 2 heterocycles. The van der Waals surface area contributed by atoms with Crippen molar-refractivity contribution in [3.05, 3.63) is 23.9 Å². The molecule has 1 N–H and O–H groups in total. The predicted molar refractivity (Wildman–Crippen MR) is 83.4 cm³/mol. The molecule has 2 aliphatic rings. The van der Waals surface area contributed by atoms with Crippen LogP contribution >= 0.6 is 0 Å². The van der Waals surface area contributed by atoms with E-state index in [1.54, 1.807) is 23.2 Å². The average molecular weight is 318 g/mol. The summed E-state index contributed by atoms with van der Waals surface area (Å²) in [6, 6.07) is 3.42. The molecule has 1 aliphatic heterocycles. The first kappa shape index (κ1) is 15.8. The molecule has 3 rings (SSSR count). The van der Waals surface area contributed by atoms with Gasteiger partial charge in [-0.05, 0) is 44.1 Å². The SMILES string of the molecule is O=C(O)CC1CCN(C(=O)c2ccnc(OC3CCC3)c2)CC1. The molecule has 0 unspecified atom stereocenters. The van der Waals surface area contributed by atoms with Crippen LogP contribution in [0.15, 0.2) is 18.3 Å². The zero-order valence-electron chi connectivity index (χ0n) is 13.1. The standard InChI is InChI=1S/C17H22N2O4/c20-16(21)10-12-5-8-19(9-6-12)17(22)13-4-7-18-15(11-13)23-14-2-1-3-14/h4,7,11-12,14H,1-3,5-6,8-10H2,(H,20,21). The lowest BCUT2D eigenvalue weighted by atomic mass is 9.93. The third-order valence-electron chi connectivity index (χ3n) is 4.69. The highest BCUT2D eigenvalue weighted by atomic mass is 16.5. The lowest BCUT2D eigenvalue weighted by Gasteiger charge is -2.31. The molecule has 0 bridgehead atoms. The highest BCUT2D eigenvalue weighted by Gasteiger charge is 2.26. The van der Waals surface area contributed by atoms with Gasteiger partial charge in [-0.25, -0.2) is 4.98 Å². The Balaban J connectivity index is 1.57. The molecule has 1 aromatic rings. The Morgan fingerprint density at radius 2 is 2.00 bits per heavy atom. The molecule has 0 radical (unpaired) electrons. The van der Waals surface area contributed by atoms with E-state index in [0.717, 1.165) is 25.7 Å². The molecule has 23 heavy (non-hydrogen) atoms. The molecule has 1 aliphatic carbocycles. The van der Waals surface area contributed by atoms with Crippen LogP contribution in [0, 0.1) is 5.92 Å². The van der Waals surface area contributed by atoms with Crippen LogP contribution < -0.4 is 4.74 Å². The van der Waals surface area contributed by atoms with E-state index in [9.17, 15) is 9.59 Å². The van der Waals surface area contributed by atoms with E-state index < -0.39 is 5.97 Å². The third kappa shape index (κ3) is 4.00. The minimum atomic E-state index is -0.762. The highest BCUT2D eigenvalue weighted by Crippen LogP contribution is 2.25. The second kappa shape index (κ2) is 6.98. The van der Waals surface area contributed by atoms with E-state index in [1.165, 1.54) is 6.42 Å². The summed E-state index contributed by atoms with van der Waals surface area (Å²) in [5, 5.41) is 8.84. The van der Waals surface area contributed by atoms with E-state index in [0.29, 0.717) is 24.5 Å². The minimum Gasteiger partial charge on any atom is -0.481 e. The molecule has 1 saturated heterocycles. The lowest BCUT2D eigenvalue weighted by Crippen LogP contribution is -2.39. The predicted octanol–water partition coefficient (Wildman–Crippen LogP) is 2.34. The van der Waals surface area contributed by atoms with Gasteiger partial charge in [-0.3, -0.25) is 9.59 Å². The Morgan fingerprint density at radius 1 is 1.26 bits per heavy atom. The number of aromatic nitrogens is 1. The second-order valence-electron chi connectivity index (χ2n) is 6.39. The number of amides is 1. The number of pyridine rings is 1. The maximum atomic E-state index is 12.6. The summed E-state index contributed by atoms with van der Waals surface area (Å²) < 4.78 is 5.74. The van der Waals surface area contributed by atoms with E-state index in [1.807, 2.05) is 0 Å².